The average Bonchev–Trinajstić information content (AvgIpc) is 2.28. The molecule has 0 N–H and O–H groups in total. The minimum Gasteiger partial charge on any atom is -0.465 e. The standard InChI is InChI=1S/C14H28O2.CH4/c1-6-9-10-12(7-2)11-16-13(15)14(4,5)8-3;/h12H,6-11H2,1-5H3;1H4. The van der Waals surface area contributed by atoms with Crippen molar-refractivity contribution in [2.24, 2.45) is 11.3 Å². The average molecular weight is 244 g/mol. The molecule has 17 heavy (non-hydrogen) atoms. The summed E-state index contributed by atoms with van der Waals surface area (Å²) in [5, 5.41) is 0. The number of carbonyl (C=O) groups is 1. The van der Waals surface area contributed by atoms with Crippen LogP contribution in [0.15, 0.2) is 0 Å². The third kappa shape index (κ3) is 7.40. The molecule has 0 aliphatic carbocycles. The second-order valence-electron chi connectivity index (χ2n) is 5.25. The first-order chi connectivity index (χ1) is 7.47. The van der Waals surface area contributed by atoms with Crippen LogP contribution in [0.25, 0.3) is 0 Å². The molecule has 0 amide bonds. The molecule has 0 heterocycles. The van der Waals surface area contributed by atoms with Crippen molar-refractivity contribution in [1.82, 2.24) is 0 Å². The highest BCUT2D eigenvalue weighted by molar-refractivity contribution is 5.75. The van der Waals surface area contributed by atoms with Crippen LogP contribution in [0.3, 0.4) is 0 Å². The monoisotopic (exact) mass is 244 g/mol. The summed E-state index contributed by atoms with van der Waals surface area (Å²) in [6.45, 7) is 10.9. The van der Waals surface area contributed by atoms with Gasteiger partial charge in [-0.25, -0.2) is 0 Å². The Hall–Kier alpha value is -0.530. The lowest BCUT2D eigenvalue weighted by molar-refractivity contribution is -0.155. The fourth-order valence-corrected chi connectivity index (χ4v) is 1.43. The van der Waals surface area contributed by atoms with Gasteiger partial charge in [0.15, 0.2) is 0 Å². The van der Waals surface area contributed by atoms with Crippen molar-refractivity contribution in [2.75, 3.05) is 6.61 Å². The molecule has 0 aromatic carbocycles. The van der Waals surface area contributed by atoms with Crippen LogP contribution in [0.2, 0.25) is 0 Å². The summed E-state index contributed by atoms with van der Waals surface area (Å²) >= 11 is 0. The number of ether oxygens (including phenoxy) is 1. The molecule has 2 nitrogen and oxygen atoms in total. The summed E-state index contributed by atoms with van der Waals surface area (Å²) in [5.41, 5.74) is -0.330. The zero-order valence-electron chi connectivity index (χ0n) is 11.6. The Bertz CT molecular complexity index is 197. The Labute approximate surface area is 108 Å². The van der Waals surface area contributed by atoms with Crippen molar-refractivity contribution in [3.63, 3.8) is 0 Å². The Morgan fingerprint density at radius 3 is 2.24 bits per heavy atom. The lowest BCUT2D eigenvalue weighted by Gasteiger charge is -2.22. The van der Waals surface area contributed by atoms with Crippen LogP contribution in [-0.2, 0) is 9.53 Å². The first kappa shape index (κ1) is 18.8. The first-order valence-corrected chi connectivity index (χ1v) is 6.65. The van der Waals surface area contributed by atoms with Crippen molar-refractivity contribution in [2.45, 2.75) is 74.1 Å². The van der Waals surface area contributed by atoms with E-state index in [2.05, 4.69) is 13.8 Å². The van der Waals surface area contributed by atoms with Crippen molar-refractivity contribution < 1.29 is 9.53 Å². The molecule has 0 saturated heterocycles. The minimum absolute atomic E-state index is 0. The number of esters is 1. The smallest absolute Gasteiger partial charge is 0.311 e. The highest BCUT2D eigenvalue weighted by Gasteiger charge is 2.27. The zero-order valence-corrected chi connectivity index (χ0v) is 11.6. The fraction of sp³-hybridized carbons (Fsp3) is 0.933. The van der Waals surface area contributed by atoms with Crippen LogP contribution in [0.5, 0.6) is 0 Å². The van der Waals surface area contributed by atoms with E-state index >= 15 is 0 Å². The maximum absolute atomic E-state index is 11.8. The first-order valence-electron chi connectivity index (χ1n) is 6.65. The highest BCUT2D eigenvalue weighted by atomic mass is 16.5. The fourth-order valence-electron chi connectivity index (χ4n) is 1.43. The van der Waals surface area contributed by atoms with Gasteiger partial charge < -0.3 is 4.74 Å². The third-order valence-corrected chi connectivity index (χ3v) is 3.43. The molecule has 0 bridgehead atoms. The normalized spacial score (nSPS) is 12.8. The van der Waals surface area contributed by atoms with E-state index in [-0.39, 0.29) is 18.8 Å². The van der Waals surface area contributed by atoms with Gasteiger partial charge in [0.1, 0.15) is 0 Å². The van der Waals surface area contributed by atoms with Gasteiger partial charge in [0.2, 0.25) is 0 Å². The SMILES string of the molecule is C.CCCCC(CC)COC(=O)C(C)(C)CC. The molecule has 0 aliphatic rings. The topological polar surface area (TPSA) is 26.3 Å². The third-order valence-electron chi connectivity index (χ3n) is 3.43. The van der Waals surface area contributed by atoms with Gasteiger partial charge in [0, 0.05) is 0 Å². The molecule has 0 saturated carbocycles. The van der Waals surface area contributed by atoms with E-state index in [1.54, 1.807) is 0 Å². The van der Waals surface area contributed by atoms with Gasteiger partial charge in [-0.1, -0.05) is 47.5 Å². The predicted molar refractivity (Wildman–Crippen MR) is 75.1 cm³/mol. The number of unbranched alkanes of at least 4 members (excludes halogenated alkanes) is 1. The maximum Gasteiger partial charge on any atom is 0.311 e. The molecule has 0 fully saturated rings. The minimum atomic E-state index is -0.330. The molecule has 0 radical (unpaired) electrons. The molecular formula is C15H32O2. The summed E-state index contributed by atoms with van der Waals surface area (Å²) in [6, 6.07) is 0. The van der Waals surface area contributed by atoms with Gasteiger partial charge in [-0.15, -0.1) is 0 Å². The van der Waals surface area contributed by atoms with Crippen LogP contribution in [0, 0.1) is 11.3 Å². The number of rotatable bonds is 8. The van der Waals surface area contributed by atoms with Gasteiger partial charge in [0.05, 0.1) is 12.0 Å². The van der Waals surface area contributed by atoms with E-state index in [1.807, 2.05) is 20.8 Å². The summed E-state index contributed by atoms with van der Waals surface area (Å²) in [5.74, 6) is 0.488. The predicted octanol–water partition coefficient (Wildman–Crippen LogP) is 4.82. The van der Waals surface area contributed by atoms with Gasteiger partial charge in [-0.2, -0.15) is 0 Å². The van der Waals surface area contributed by atoms with Gasteiger partial charge >= 0.3 is 5.97 Å². The molecule has 0 spiro atoms. The second-order valence-corrected chi connectivity index (χ2v) is 5.25. The van der Waals surface area contributed by atoms with Gasteiger partial charge in [-0.3, -0.25) is 4.79 Å². The molecule has 0 aromatic rings. The van der Waals surface area contributed by atoms with Crippen molar-refractivity contribution >= 4 is 5.97 Å². The quantitative estimate of drug-likeness (QED) is 0.572. The van der Waals surface area contributed by atoms with E-state index in [0.29, 0.717) is 12.5 Å². The maximum atomic E-state index is 11.8. The van der Waals surface area contributed by atoms with E-state index in [9.17, 15) is 4.79 Å². The number of hydrogen-bond donors (Lipinski definition) is 0. The van der Waals surface area contributed by atoms with Crippen molar-refractivity contribution in [3.05, 3.63) is 0 Å². The van der Waals surface area contributed by atoms with Crippen LogP contribution in [0.4, 0.5) is 0 Å². The molecule has 0 aliphatic heterocycles. The van der Waals surface area contributed by atoms with E-state index in [1.165, 1.54) is 19.3 Å². The highest BCUT2D eigenvalue weighted by Crippen LogP contribution is 2.22. The Kier molecular flexibility index (Phi) is 10.5. The largest absolute Gasteiger partial charge is 0.465 e. The van der Waals surface area contributed by atoms with Crippen LogP contribution >= 0.6 is 0 Å². The second kappa shape index (κ2) is 9.49. The van der Waals surface area contributed by atoms with Crippen LogP contribution in [0.1, 0.15) is 74.1 Å². The van der Waals surface area contributed by atoms with E-state index < -0.39 is 0 Å². The van der Waals surface area contributed by atoms with Crippen LogP contribution in [-0.4, -0.2) is 12.6 Å². The number of hydrogen-bond acceptors (Lipinski definition) is 2. The molecule has 1 atom stereocenters. The number of carbonyl (C=O) groups excluding carboxylic acids is 1. The Morgan fingerprint density at radius 1 is 1.24 bits per heavy atom. The molecular weight excluding hydrogens is 212 g/mol. The summed E-state index contributed by atoms with van der Waals surface area (Å²) < 4.78 is 5.41. The van der Waals surface area contributed by atoms with Crippen molar-refractivity contribution in [3.8, 4) is 0 Å². The molecule has 0 aromatic heterocycles. The Balaban J connectivity index is 0. The lowest BCUT2D eigenvalue weighted by Crippen LogP contribution is -2.27. The van der Waals surface area contributed by atoms with Gasteiger partial charge in [0.25, 0.3) is 0 Å². The van der Waals surface area contributed by atoms with Crippen LogP contribution < -0.4 is 0 Å². The molecule has 2 heteroatoms. The summed E-state index contributed by atoms with van der Waals surface area (Å²) in [6.07, 6.45) is 5.54. The van der Waals surface area contributed by atoms with E-state index in [0.717, 1.165) is 12.8 Å². The zero-order chi connectivity index (χ0) is 12.6. The van der Waals surface area contributed by atoms with Crippen molar-refractivity contribution in [1.29, 1.82) is 0 Å². The van der Waals surface area contributed by atoms with Gasteiger partial charge in [-0.05, 0) is 32.6 Å². The summed E-state index contributed by atoms with van der Waals surface area (Å²) in [4.78, 5) is 11.8. The molecule has 1 unspecified atom stereocenters. The summed E-state index contributed by atoms with van der Waals surface area (Å²) in [7, 11) is 0. The molecule has 0 rings (SSSR count). The van der Waals surface area contributed by atoms with E-state index in [4.69, 9.17) is 4.74 Å². The lowest BCUT2D eigenvalue weighted by atomic mass is 9.90. The Morgan fingerprint density at radius 2 is 1.82 bits per heavy atom. The molecule has 104 valence electrons.